The molecule has 1 aliphatic rings. The number of hydrogen-bond donors (Lipinski definition) is 1. The van der Waals surface area contributed by atoms with Crippen LogP contribution in [0, 0.1) is 6.92 Å². The van der Waals surface area contributed by atoms with E-state index in [0.29, 0.717) is 26.1 Å². The van der Waals surface area contributed by atoms with Gasteiger partial charge in [-0.15, -0.1) is 0 Å². The summed E-state index contributed by atoms with van der Waals surface area (Å²) in [5.74, 6) is -0.383. The molecule has 3 amide bonds. The van der Waals surface area contributed by atoms with Crippen molar-refractivity contribution in [1.82, 2.24) is 19.7 Å². The van der Waals surface area contributed by atoms with E-state index in [0.717, 1.165) is 16.6 Å². The number of amides is 3. The number of nitrogens with zero attached hydrogens (tertiary/aromatic N) is 3. The maximum absolute atomic E-state index is 12.9. The Morgan fingerprint density at radius 3 is 2.63 bits per heavy atom. The van der Waals surface area contributed by atoms with Crippen LogP contribution >= 0.6 is 0 Å². The predicted octanol–water partition coefficient (Wildman–Crippen LogP) is 1.15. The molecule has 1 saturated heterocycles. The number of likely N-dealkylation sites (N-methyl/N-ethyl adjacent to an activating group) is 1. The SMILES string of the molecule is CNC(=O)C1CN(C(C)=O)CCN1C(=O)CCn1c(C)cc2ccccc21. The molecule has 0 spiro atoms. The van der Waals surface area contributed by atoms with Crippen LogP contribution in [0.3, 0.4) is 0 Å². The fourth-order valence-corrected chi connectivity index (χ4v) is 3.75. The summed E-state index contributed by atoms with van der Waals surface area (Å²) < 4.78 is 2.13. The van der Waals surface area contributed by atoms with Crippen molar-refractivity contribution in [2.45, 2.75) is 32.9 Å². The summed E-state index contributed by atoms with van der Waals surface area (Å²) in [7, 11) is 1.55. The molecule has 1 aromatic carbocycles. The van der Waals surface area contributed by atoms with Gasteiger partial charge in [0.2, 0.25) is 17.7 Å². The van der Waals surface area contributed by atoms with Crippen LogP contribution in [0.25, 0.3) is 10.9 Å². The van der Waals surface area contributed by atoms with Crippen molar-refractivity contribution in [3.8, 4) is 0 Å². The maximum Gasteiger partial charge on any atom is 0.244 e. The third kappa shape index (κ3) is 3.82. The van der Waals surface area contributed by atoms with Gasteiger partial charge in [-0.25, -0.2) is 0 Å². The number of aromatic nitrogens is 1. The first-order chi connectivity index (χ1) is 12.9. The summed E-state index contributed by atoms with van der Waals surface area (Å²) in [6, 6.07) is 9.57. The van der Waals surface area contributed by atoms with Gasteiger partial charge in [-0.2, -0.15) is 0 Å². The van der Waals surface area contributed by atoms with E-state index in [2.05, 4.69) is 22.0 Å². The van der Waals surface area contributed by atoms with Gasteiger partial charge in [0.1, 0.15) is 6.04 Å². The van der Waals surface area contributed by atoms with Crippen molar-refractivity contribution in [2.24, 2.45) is 0 Å². The molecule has 2 heterocycles. The Morgan fingerprint density at radius 1 is 1.19 bits per heavy atom. The second kappa shape index (κ2) is 7.82. The van der Waals surface area contributed by atoms with Crippen molar-refractivity contribution in [3.05, 3.63) is 36.0 Å². The first-order valence-electron chi connectivity index (χ1n) is 9.24. The minimum Gasteiger partial charge on any atom is -0.357 e. The zero-order valence-corrected chi connectivity index (χ0v) is 16.1. The van der Waals surface area contributed by atoms with Gasteiger partial charge in [-0.05, 0) is 24.4 Å². The van der Waals surface area contributed by atoms with E-state index in [9.17, 15) is 14.4 Å². The lowest BCUT2D eigenvalue weighted by atomic mass is 10.1. The molecule has 3 rings (SSSR count). The second-order valence-electron chi connectivity index (χ2n) is 6.93. The highest BCUT2D eigenvalue weighted by Gasteiger charge is 2.35. The summed E-state index contributed by atoms with van der Waals surface area (Å²) >= 11 is 0. The molecule has 0 radical (unpaired) electrons. The molecule has 1 aliphatic heterocycles. The molecule has 0 bridgehead atoms. The molecule has 1 atom stereocenters. The van der Waals surface area contributed by atoms with Crippen LogP contribution in [0.5, 0.6) is 0 Å². The summed E-state index contributed by atoms with van der Waals surface area (Å²) in [5, 5.41) is 3.76. The lowest BCUT2D eigenvalue weighted by molar-refractivity contribution is -0.147. The van der Waals surface area contributed by atoms with Crippen molar-refractivity contribution in [2.75, 3.05) is 26.7 Å². The third-order valence-electron chi connectivity index (χ3n) is 5.26. The number of benzene rings is 1. The molecule has 0 aliphatic carbocycles. The van der Waals surface area contributed by atoms with Gasteiger partial charge in [-0.3, -0.25) is 14.4 Å². The van der Waals surface area contributed by atoms with Crippen LogP contribution in [-0.2, 0) is 20.9 Å². The van der Waals surface area contributed by atoms with Crippen LogP contribution in [0.4, 0.5) is 0 Å². The predicted molar refractivity (Wildman–Crippen MR) is 103 cm³/mol. The summed E-state index contributed by atoms with van der Waals surface area (Å²) in [6.07, 6.45) is 0.313. The molecule has 7 nitrogen and oxygen atoms in total. The molecule has 0 saturated carbocycles. The highest BCUT2D eigenvalue weighted by atomic mass is 16.2. The van der Waals surface area contributed by atoms with Crippen molar-refractivity contribution in [3.63, 3.8) is 0 Å². The molecule has 1 unspecified atom stereocenters. The Labute approximate surface area is 158 Å². The number of carbonyl (C=O) groups excluding carboxylic acids is 3. The molecule has 7 heteroatoms. The number of piperazine rings is 1. The van der Waals surface area contributed by atoms with Gasteiger partial charge in [0.05, 0.1) is 6.54 Å². The smallest absolute Gasteiger partial charge is 0.244 e. The maximum atomic E-state index is 12.9. The minimum atomic E-state index is -0.636. The number of carbonyl (C=O) groups is 3. The van der Waals surface area contributed by atoms with Gasteiger partial charge in [0, 0.05) is 51.2 Å². The van der Waals surface area contributed by atoms with Crippen molar-refractivity contribution >= 4 is 28.6 Å². The van der Waals surface area contributed by atoms with Gasteiger partial charge in [0.15, 0.2) is 0 Å². The van der Waals surface area contributed by atoms with E-state index in [-0.39, 0.29) is 24.3 Å². The van der Waals surface area contributed by atoms with Crippen LogP contribution < -0.4 is 5.32 Å². The monoisotopic (exact) mass is 370 g/mol. The minimum absolute atomic E-state index is 0.0658. The number of aryl methyl sites for hydroxylation is 2. The number of hydrogen-bond acceptors (Lipinski definition) is 3. The average Bonchev–Trinajstić information content (AvgIpc) is 2.99. The van der Waals surface area contributed by atoms with Crippen LogP contribution in [0.1, 0.15) is 19.0 Å². The fraction of sp³-hybridized carbons (Fsp3) is 0.450. The van der Waals surface area contributed by atoms with E-state index in [4.69, 9.17) is 0 Å². The Hall–Kier alpha value is -2.83. The van der Waals surface area contributed by atoms with E-state index in [1.54, 1.807) is 16.8 Å². The molecule has 27 heavy (non-hydrogen) atoms. The molecule has 1 N–H and O–H groups in total. The lowest BCUT2D eigenvalue weighted by Gasteiger charge is -2.40. The first kappa shape index (κ1) is 18.9. The van der Waals surface area contributed by atoms with Crippen LogP contribution in [-0.4, -0.2) is 64.8 Å². The Kier molecular flexibility index (Phi) is 5.48. The van der Waals surface area contributed by atoms with E-state index < -0.39 is 6.04 Å². The van der Waals surface area contributed by atoms with Crippen LogP contribution in [0.15, 0.2) is 30.3 Å². The largest absolute Gasteiger partial charge is 0.357 e. The third-order valence-corrected chi connectivity index (χ3v) is 5.26. The standard InChI is InChI=1S/C20H26N4O3/c1-14-12-16-6-4-5-7-17(16)23(14)9-8-19(26)24-11-10-22(15(2)25)13-18(24)20(27)21-3/h4-7,12,18H,8-11,13H2,1-3H3,(H,21,27). The fourth-order valence-electron chi connectivity index (χ4n) is 3.75. The zero-order chi connectivity index (χ0) is 19.6. The summed E-state index contributed by atoms with van der Waals surface area (Å²) in [5.41, 5.74) is 2.21. The van der Waals surface area contributed by atoms with Gasteiger partial charge in [-0.1, -0.05) is 18.2 Å². The quantitative estimate of drug-likeness (QED) is 0.877. The number of rotatable bonds is 4. The van der Waals surface area contributed by atoms with Gasteiger partial charge < -0.3 is 19.7 Å². The Bertz CT molecular complexity index is 873. The number of nitrogens with one attached hydrogen (secondary N) is 1. The molecular formula is C20H26N4O3. The first-order valence-corrected chi connectivity index (χ1v) is 9.24. The molecule has 2 aromatic rings. The Morgan fingerprint density at radius 2 is 1.93 bits per heavy atom. The summed E-state index contributed by atoms with van der Waals surface area (Å²) in [4.78, 5) is 40.0. The van der Waals surface area contributed by atoms with E-state index in [1.807, 2.05) is 25.1 Å². The number of para-hydroxylation sites is 1. The average molecular weight is 370 g/mol. The van der Waals surface area contributed by atoms with Crippen molar-refractivity contribution in [1.29, 1.82) is 0 Å². The van der Waals surface area contributed by atoms with E-state index >= 15 is 0 Å². The van der Waals surface area contributed by atoms with E-state index in [1.165, 1.54) is 6.92 Å². The zero-order valence-electron chi connectivity index (χ0n) is 16.1. The lowest BCUT2D eigenvalue weighted by Crippen LogP contribution is -2.61. The highest BCUT2D eigenvalue weighted by molar-refractivity contribution is 5.89. The summed E-state index contributed by atoms with van der Waals surface area (Å²) in [6.45, 7) is 5.15. The highest BCUT2D eigenvalue weighted by Crippen LogP contribution is 2.20. The number of fused-ring (bicyclic) bond motifs is 1. The molecule has 1 aromatic heterocycles. The van der Waals surface area contributed by atoms with Gasteiger partial charge >= 0.3 is 0 Å². The van der Waals surface area contributed by atoms with Crippen LogP contribution in [0.2, 0.25) is 0 Å². The Balaban J connectivity index is 1.73. The normalized spacial score (nSPS) is 17.2. The molecular weight excluding hydrogens is 344 g/mol. The topological polar surface area (TPSA) is 74.7 Å². The molecule has 144 valence electrons. The second-order valence-corrected chi connectivity index (χ2v) is 6.93. The van der Waals surface area contributed by atoms with Gasteiger partial charge in [0.25, 0.3) is 0 Å². The molecule has 1 fully saturated rings. The van der Waals surface area contributed by atoms with Crippen molar-refractivity contribution < 1.29 is 14.4 Å².